The largest absolute Gasteiger partial charge is 0.381 e. The van der Waals surface area contributed by atoms with Crippen molar-refractivity contribution >= 4 is 5.91 Å². The summed E-state index contributed by atoms with van der Waals surface area (Å²) in [5.41, 5.74) is 0. The lowest BCUT2D eigenvalue weighted by Crippen LogP contribution is -2.26. The quantitative estimate of drug-likeness (QED) is 0.846. The van der Waals surface area contributed by atoms with Crippen molar-refractivity contribution in [2.24, 2.45) is 0 Å². The van der Waals surface area contributed by atoms with Crippen LogP contribution in [-0.2, 0) is 9.53 Å². The van der Waals surface area contributed by atoms with Gasteiger partial charge in [-0.15, -0.1) is 0 Å². The first-order valence-electron chi connectivity index (χ1n) is 6.47. The zero-order valence-electron chi connectivity index (χ0n) is 10.9. The second-order valence-electron chi connectivity index (χ2n) is 4.63. The molecular formula is C12H20N4O2. The van der Waals surface area contributed by atoms with Crippen LogP contribution in [0.3, 0.4) is 0 Å². The highest BCUT2D eigenvalue weighted by Gasteiger charge is 2.22. The Morgan fingerprint density at radius 2 is 2.28 bits per heavy atom. The van der Waals surface area contributed by atoms with Gasteiger partial charge in [0.25, 0.3) is 0 Å². The monoisotopic (exact) mass is 252 g/mol. The van der Waals surface area contributed by atoms with E-state index in [-0.39, 0.29) is 11.9 Å². The predicted octanol–water partition coefficient (Wildman–Crippen LogP) is 1.29. The average Bonchev–Trinajstić information content (AvgIpc) is 2.86. The Morgan fingerprint density at radius 3 is 2.89 bits per heavy atom. The van der Waals surface area contributed by atoms with E-state index in [2.05, 4.69) is 20.5 Å². The van der Waals surface area contributed by atoms with Crippen LogP contribution in [0.25, 0.3) is 0 Å². The number of aromatic amines is 1. The van der Waals surface area contributed by atoms with Gasteiger partial charge in [0.1, 0.15) is 5.82 Å². The summed E-state index contributed by atoms with van der Waals surface area (Å²) < 4.78 is 5.33. The molecule has 0 aliphatic carbocycles. The van der Waals surface area contributed by atoms with E-state index >= 15 is 0 Å². The van der Waals surface area contributed by atoms with Crippen molar-refractivity contribution in [1.82, 2.24) is 20.5 Å². The Balaban J connectivity index is 2.05. The molecule has 100 valence electrons. The third-order valence-corrected chi connectivity index (χ3v) is 3.23. The first kappa shape index (κ1) is 13.0. The molecule has 18 heavy (non-hydrogen) atoms. The number of H-pyrrole nitrogens is 1. The molecule has 0 saturated carbocycles. The fraction of sp³-hybridized carbons (Fsp3) is 0.750. The molecule has 2 N–H and O–H groups in total. The SMILES string of the molecule is CC[C@@H](NC(C)=O)c1n[nH]c(C2CCOCC2)n1. The van der Waals surface area contributed by atoms with Gasteiger partial charge in [0, 0.05) is 26.1 Å². The predicted molar refractivity (Wildman–Crippen MR) is 66.0 cm³/mol. The minimum atomic E-state index is -0.104. The van der Waals surface area contributed by atoms with E-state index in [0.29, 0.717) is 11.7 Å². The number of amides is 1. The molecule has 2 heterocycles. The molecule has 6 nitrogen and oxygen atoms in total. The lowest BCUT2D eigenvalue weighted by molar-refractivity contribution is -0.119. The van der Waals surface area contributed by atoms with Crippen LogP contribution in [0.1, 0.15) is 56.7 Å². The first-order valence-corrected chi connectivity index (χ1v) is 6.47. The number of nitrogens with one attached hydrogen (secondary N) is 2. The van der Waals surface area contributed by atoms with Crippen molar-refractivity contribution in [3.8, 4) is 0 Å². The van der Waals surface area contributed by atoms with Crippen molar-refractivity contribution in [1.29, 1.82) is 0 Å². The van der Waals surface area contributed by atoms with Crippen LogP contribution in [0, 0.1) is 0 Å². The fourth-order valence-corrected chi connectivity index (χ4v) is 2.19. The highest BCUT2D eigenvalue weighted by Crippen LogP contribution is 2.24. The van der Waals surface area contributed by atoms with E-state index in [0.717, 1.165) is 38.3 Å². The fourth-order valence-electron chi connectivity index (χ4n) is 2.19. The Hall–Kier alpha value is -1.43. The Kier molecular flexibility index (Phi) is 4.30. The smallest absolute Gasteiger partial charge is 0.217 e. The molecule has 1 saturated heterocycles. The van der Waals surface area contributed by atoms with Crippen molar-refractivity contribution in [2.75, 3.05) is 13.2 Å². The highest BCUT2D eigenvalue weighted by atomic mass is 16.5. The minimum Gasteiger partial charge on any atom is -0.381 e. The molecule has 1 aliphatic rings. The topological polar surface area (TPSA) is 79.9 Å². The van der Waals surface area contributed by atoms with Gasteiger partial charge in [0.2, 0.25) is 5.91 Å². The Morgan fingerprint density at radius 1 is 1.56 bits per heavy atom. The summed E-state index contributed by atoms with van der Waals surface area (Å²) in [4.78, 5) is 15.6. The number of rotatable bonds is 4. The van der Waals surface area contributed by atoms with Gasteiger partial charge in [-0.3, -0.25) is 9.89 Å². The Bertz CT molecular complexity index is 399. The maximum absolute atomic E-state index is 11.1. The van der Waals surface area contributed by atoms with Gasteiger partial charge in [0.15, 0.2) is 5.82 Å². The highest BCUT2D eigenvalue weighted by molar-refractivity contribution is 5.73. The number of carbonyl (C=O) groups is 1. The number of carbonyl (C=O) groups excluding carboxylic acids is 1. The first-order chi connectivity index (χ1) is 8.70. The number of aromatic nitrogens is 3. The minimum absolute atomic E-state index is 0.0562. The second kappa shape index (κ2) is 5.95. The molecule has 6 heteroatoms. The third-order valence-electron chi connectivity index (χ3n) is 3.23. The summed E-state index contributed by atoms with van der Waals surface area (Å²) in [5.74, 6) is 1.93. The van der Waals surface area contributed by atoms with E-state index < -0.39 is 0 Å². The summed E-state index contributed by atoms with van der Waals surface area (Å²) in [7, 11) is 0. The lowest BCUT2D eigenvalue weighted by atomic mass is 10.00. The van der Waals surface area contributed by atoms with Crippen molar-refractivity contribution in [2.45, 2.75) is 45.1 Å². The number of hydrogen-bond acceptors (Lipinski definition) is 4. The molecular weight excluding hydrogens is 232 g/mol. The molecule has 0 spiro atoms. The third kappa shape index (κ3) is 3.07. The summed E-state index contributed by atoms with van der Waals surface area (Å²) in [6.07, 6.45) is 2.74. The molecule has 1 amide bonds. The molecule has 0 radical (unpaired) electrons. The van der Waals surface area contributed by atoms with Gasteiger partial charge < -0.3 is 10.1 Å². The van der Waals surface area contributed by atoms with Crippen LogP contribution in [0.2, 0.25) is 0 Å². The zero-order chi connectivity index (χ0) is 13.0. The zero-order valence-corrected chi connectivity index (χ0v) is 10.9. The molecule has 2 rings (SSSR count). The number of hydrogen-bond donors (Lipinski definition) is 2. The molecule has 1 fully saturated rings. The van der Waals surface area contributed by atoms with Gasteiger partial charge >= 0.3 is 0 Å². The molecule has 1 aromatic rings. The number of ether oxygens (including phenoxy) is 1. The van der Waals surface area contributed by atoms with E-state index in [9.17, 15) is 4.79 Å². The van der Waals surface area contributed by atoms with Gasteiger partial charge in [-0.05, 0) is 19.3 Å². The van der Waals surface area contributed by atoms with Crippen LogP contribution < -0.4 is 5.32 Å². The summed E-state index contributed by atoms with van der Waals surface area (Å²) >= 11 is 0. The van der Waals surface area contributed by atoms with E-state index in [1.165, 1.54) is 6.92 Å². The van der Waals surface area contributed by atoms with E-state index in [4.69, 9.17) is 4.74 Å². The van der Waals surface area contributed by atoms with Gasteiger partial charge in [-0.2, -0.15) is 5.10 Å². The van der Waals surface area contributed by atoms with E-state index in [1.54, 1.807) is 0 Å². The van der Waals surface area contributed by atoms with Gasteiger partial charge in [0.05, 0.1) is 6.04 Å². The van der Waals surface area contributed by atoms with Crippen LogP contribution >= 0.6 is 0 Å². The van der Waals surface area contributed by atoms with Crippen LogP contribution in [0.5, 0.6) is 0 Å². The van der Waals surface area contributed by atoms with Crippen molar-refractivity contribution < 1.29 is 9.53 Å². The lowest BCUT2D eigenvalue weighted by Gasteiger charge is -2.19. The second-order valence-corrected chi connectivity index (χ2v) is 4.63. The molecule has 1 aliphatic heterocycles. The molecule has 0 bridgehead atoms. The molecule has 1 aromatic heterocycles. The van der Waals surface area contributed by atoms with Crippen molar-refractivity contribution in [3.63, 3.8) is 0 Å². The molecule has 0 aromatic carbocycles. The summed E-state index contributed by atoms with van der Waals surface area (Å²) in [6, 6.07) is -0.104. The van der Waals surface area contributed by atoms with Crippen molar-refractivity contribution in [3.05, 3.63) is 11.6 Å². The molecule has 1 atom stereocenters. The van der Waals surface area contributed by atoms with E-state index in [1.807, 2.05) is 6.92 Å². The standard InChI is InChI=1S/C12H20N4O2/c1-3-10(13-8(2)17)12-14-11(15-16-12)9-4-6-18-7-5-9/h9-10H,3-7H2,1-2H3,(H,13,17)(H,14,15,16)/t10-/m1/s1. The summed E-state index contributed by atoms with van der Waals surface area (Å²) in [5, 5.41) is 10.1. The van der Waals surface area contributed by atoms with Crippen LogP contribution in [-0.4, -0.2) is 34.3 Å². The van der Waals surface area contributed by atoms with Crippen LogP contribution in [0.4, 0.5) is 0 Å². The average molecular weight is 252 g/mol. The van der Waals surface area contributed by atoms with Gasteiger partial charge in [-0.1, -0.05) is 6.92 Å². The Labute approximate surface area is 107 Å². The molecule has 0 unspecified atom stereocenters. The van der Waals surface area contributed by atoms with Gasteiger partial charge in [-0.25, -0.2) is 4.98 Å². The normalized spacial score (nSPS) is 18.6. The number of nitrogens with zero attached hydrogens (tertiary/aromatic N) is 2. The van der Waals surface area contributed by atoms with Crippen LogP contribution in [0.15, 0.2) is 0 Å². The maximum Gasteiger partial charge on any atom is 0.217 e. The maximum atomic E-state index is 11.1. The summed E-state index contributed by atoms with van der Waals surface area (Å²) in [6.45, 7) is 5.08.